The Labute approximate surface area is 743 Å². The maximum Gasteiger partial charge on any atom is 1.00 e. The number of aliphatic carboxylic acids is 2. The normalized spacial score (nSPS) is 36.0. The van der Waals surface area contributed by atoms with Crippen molar-refractivity contribution in [1.29, 1.82) is 0 Å². The predicted molar refractivity (Wildman–Crippen MR) is 233 cm³/mol. The molecule has 0 spiro atoms. The van der Waals surface area contributed by atoms with E-state index in [2.05, 4.69) is 20.9 Å². The topological polar surface area (TPSA) is 791 Å². The summed E-state index contributed by atoms with van der Waals surface area (Å²) in [6, 6.07) is -7.86. The fraction of sp³-hybridized carbons (Fsp3) is 0.935. The van der Waals surface area contributed by atoms with Crippen molar-refractivity contribution in [2.24, 2.45) is 5.73 Å². The largest absolute Gasteiger partial charge is 1.00 e. The van der Waals surface area contributed by atoms with Crippen LogP contribution in [0.15, 0.2) is 0 Å². The number of hydrogen-bond acceptors (Lipinski definition) is 47. The summed E-state index contributed by atoms with van der Waals surface area (Å²) in [5, 5.41) is 91.4. The van der Waals surface area contributed by atoms with Crippen LogP contribution in [0.1, 0.15) is 0 Å². The summed E-state index contributed by atoms with van der Waals surface area (Å²) in [6.07, 6.45) is -63.3. The second kappa shape index (κ2) is 45.8. The quantitative estimate of drug-likeness (QED) is 0.0200. The SMILES string of the molecule is CO[C@H]1O[C@H](COS(=O)(=O)[O-])[C@@H](O[C@@H]2O[C@@H](C(=O)[O-])[C@@H](O[C@H]3O[C@H](COS(=O)(=O)[O-])[C@@H](O[C@@H]4O[C@H](C(=O)[O-])[C@@H](O[C@H]5O[C@H](COS(=O)(=O)[O-])[C@@H](O)[C@H](O)[C@H]5N)[C@H](O)[C@H]4O)[C@H](OS(=O)(=O)[O-])[C@H]3NS(=O)(=O)[O-])[C@H](O)[C@H]2OS(=O)(=O)[O-])[C@H](O)[C@H]1NS(=O)(=O)[O-].[Na+].[Na+].[Na+].[Na+].[Na+].[Na+].[Na+].[Na+].[Na+]. The van der Waals surface area contributed by atoms with E-state index in [1.54, 1.807) is 0 Å². The summed E-state index contributed by atoms with van der Waals surface area (Å²) in [5.41, 5.74) is 5.77. The molecule has 0 unspecified atom stereocenters. The van der Waals surface area contributed by atoms with Gasteiger partial charge in [-0.1, -0.05) is 0 Å². The van der Waals surface area contributed by atoms with Crippen molar-refractivity contribution in [3.8, 4) is 0 Å². The molecule has 5 aliphatic rings. The molecule has 5 aliphatic heterocycles. The van der Waals surface area contributed by atoms with Crippen LogP contribution in [0.2, 0.25) is 0 Å². The van der Waals surface area contributed by atoms with Crippen LogP contribution in [0.5, 0.6) is 0 Å². The van der Waals surface area contributed by atoms with Gasteiger partial charge in [-0.3, -0.25) is 20.9 Å². The molecular formula is C31H44N3Na9O46S7. The molecule has 5 saturated heterocycles. The zero-order valence-corrected chi connectivity index (χ0v) is 74.7. The number of carboxylic acids is 2. The van der Waals surface area contributed by atoms with Crippen molar-refractivity contribution < 1.29 is 476 Å². The van der Waals surface area contributed by atoms with E-state index in [-0.39, 0.29) is 266 Å². The molecule has 5 rings (SSSR count). The molecule has 510 valence electrons. The van der Waals surface area contributed by atoms with Crippen LogP contribution in [-0.2, 0) is 150 Å². The monoisotopic (exact) mass is 1620 g/mol. The molecule has 49 nitrogen and oxygen atoms in total. The van der Waals surface area contributed by atoms with Crippen LogP contribution in [0.25, 0.3) is 0 Å². The van der Waals surface area contributed by atoms with E-state index >= 15 is 0 Å². The van der Waals surface area contributed by atoms with Crippen LogP contribution in [-0.4, -0.2) is 314 Å². The second-order valence-electron chi connectivity index (χ2n) is 18.0. The first-order valence-electron chi connectivity index (χ1n) is 22.7. The molecule has 0 saturated carbocycles. The molecule has 5 heterocycles. The van der Waals surface area contributed by atoms with Crippen LogP contribution >= 0.6 is 0 Å². The minimum atomic E-state index is -6.61. The van der Waals surface area contributed by atoms with Crippen LogP contribution < -0.4 is 291 Å². The number of hydrogen-bond donors (Lipinski definition) is 9. The molecule has 0 bridgehead atoms. The first-order valence-corrected chi connectivity index (χ1v) is 32.2. The number of carbonyl (C=O) groups excluding carboxylic acids is 2. The van der Waals surface area contributed by atoms with Gasteiger partial charge < -0.3 is 135 Å². The Kier molecular flexibility index (Phi) is 52.9. The van der Waals surface area contributed by atoms with Gasteiger partial charge in [0.05, 0.1) is 37.8 Å². The van der Waals surface area contributed by atoms with Gasteiger partial charge in [-0.15, -0.1) is 0 Å². The van der Waals surface area contributed by atoms with Crippen molar-refractivity contribution in [2.75, 3.05) is 26.9 Å². The van der Waals surface area contributed by atoms with Gasteiger partial charge in [0.25, 0.3) is 0 Å². The van der Waals surface area contributed by atoms with Crippen molar-refractivity contribution in [3.05, 3.63) is 0 Å². The van der Waals surface area contributed by atoms with E-state index in [9.17, 15) is 141 Å². The van der Waals surface area contributed by atoms with E-state index < -0.39 is 258 Å². The number of aliphatic hydroxyl groups is 6. The molecule has 0 amide bonds. The Hall–Kier alpha value is 6.35. The zero-order valence-electron chi connectivity index (χ0n) is 51.0. The number of carboxylic acid groups (broad SMARTS) is 2. The Balaban J connectivity index is -0.00000307. The molecule has 0 aromatic carbocycles. The fourth-order valence-electron chi connectivity index (χ4n) is 8.67. The second-order valence-corrected chi connectivity index (χ2v) is 25.5. The predicted octanol–water partition coefficient (Wildman–Crippen LogP) is -45.2. The van der Waals surface area contributed by atoms with E-state index in [0.29, 0.717) is 7.11 Å². The summed E-state index contributed by atoms with van der Waals surface area (Å²) in [5.74, 6) is -5.35. The number of nitrogens with one attached hydrogen (secondary N) is 2. The third-order valence-electron chi connectivity index (χ3n) is 12.1. The average Bonchev–Trinajstić information content (AvgIpc) is 0.769. The minimum Gasteiger partial charge on any atom is -0.735 e. The molecule has 25 atom stereocenters. The van der Waals surface area contributed by atoms with Gasteiger partial charge in [-0.05, 0) is 0 Å². The maximum absolute atomic E-state index is 12.8. The van der Waals surface area contributed by atoms with Crippen molar-refractivity contribution >= 4 is 84.5 Å². The van der Waals surface area contributed by atoms with E-state index in [4.69, 9.17) is 53.1 Å². The maximum atomic E-state index is 12.8. The van der Waals surface area contributed by atoms with Gasteiger partial charge in [0.2, 0.25) is 52.0 Å². The summed E-state index contributed by atoms with van der Waals surface area (Å²) in [7, 11) is -42.0. The number of carbonyl (C=O) groups is 2. The fourth-order valence-corrected chi connectivity index (χ4v) is 11.7. The van der Waals surface area contributed by atoms with Crippen molar-refractivity contribution in [2.45, 2.75) is 153 Å². The van der Waals surface area contributed by atoms with Gasteiger partial charge in [0, 0.05) is 7.11 Å². The molecule has 0 radical (unpaired) electrons. The molecule has 5 fully saturated rings. The Bertz CT molecular complexity index is 3260. The van der Waals surface area contributed by atoms with Crippen molar-refractivity contribution in [3.63, 3.8) is 0 Å². The number of aliphatic hydroxyl groups excluding tert-OH is 6. The van der Waals surface area contributed by atoms with E-state index in [1.807, 2.05) is 0 Å². The van der Waals surface area contributed by atoms with Crippen molar-refractivity contribution in [1.82, 2.24) is 9.44 Å². The molecule has 10 N–H and O–H groups in total. The van der Waals surface area contributed by atoms with Gasteiger partial charge in [0.1, 0.15) is 110 Å². The summed E-state index contributed by atoms with van der Waals surface area (Å²) in [4.78, 5) is 25.3. The number of methoxy groups -OCH3 is 1. The average molecular weight is 1630 g/mol. The molecular weight excluding hydrogens is 1580 g/mol. The molecule has 65 heteroatoms. The third-order valence-corrected chi connectivity index (χ3v) is 15.5. The molecule has 0 aromatic heterocycles. The standard InChI is InChI=1S/C31H53N3O46S7.9Na/c1-66-28-9(33-81(45,46)47)13(37)17(6(71-28)3-68-84(54,55)56)73-31-22(80-87(63,64)65)16(40)21(24(78-31)26(43)44)76-29-10(34-82(48,49)50)19(79-86(60,61)62)18(7(72-29)4-69-85(57,58)59)74-30-15(39)14(38)20(23(77-30)25(41)42)75-27-8(32)12(36)11(35)5(70-27)2-67-83(51,52)53;;;;;;;;;/h5-24,27-31,33-40H,2-4,32H2,1H3,(H,41,42)(H,43,44)(H,45,46,47)(H,48,49,50)(H,51,52,53)(H,54,55,56)(H,57,58,59)(H,60,61,62)(H,63,64,65);;;;;;;;;/q;9*+1/p-9/t5-,6-,7-,8-,9-,10-,11-,12-,13-,14-,15-,16+,17-,18-,19-,20+,21+,22-,23+,24-,27-,28+,29-,30-,31-;;;;;;;;;/m1........./s1. The summed E-state index contributed by atoms with van der Waals surface area (Å²) in [6.45, 7) is -5.14. The Morgan fingerprint density at radius 1 is 0.385 bits per heavy atom. The Morgan fingerprint density at radius 3 is 1.16 bits per heavy atom. The van der Waals surface area contributed by atoms with E-state index in [0.717, 1.165) is 4.72 Å². The van der Waals surface area contributed by atoms with Gasteiger partial charge in [0.15, 0.2) is 58.2 Å². The molecule has 96 heavy (non-hydrogen) atoms. The van der Waals surface area contributed by atoms with Crippen LogP contribution in [0.4, 0.5) is 0 Å². The first kappa shape index (κ1) is 111. The molecule has 0 aliphatic carbocycles. The minimum absolute atomic E-state index is 0. The van der Waals surface area contributed by atoms with Gasteiger partial charge in [-0.2, -0.15) is 0 Å². The first-order chi connectivity index (χ1) is 39.5. The van der Waals surface area contributed by atoms with Gasteiger partial charge >= 0.3 is 266 Å². The van der Waals surface area contributed by atoms with E-state index in [1.165, 1.54) is 4.72 Å². The third kappa shape index (κ3) is 34.1. The smallest absolute Gasteiger partial charge is 0.735 e. The van der Waals surface area contributed by atoms with Crippen LogP contribution in [0, 0.1) is 0 Å². The van der Waals surface area contributed by atoms with Gasteiger partial charge in [-0.25, -0.2) is 68.4 Å². The Morgan fingerprint density at radius 2 is 0.740 bits per heavy atom. The molecule has 0 aromatic rings. The number of rotatable bonds is 28. The summed E-state index contributed by atoms with van der Waals surface area (Å²) >= 11 is 0. The zero-order chi connectivity index (χ0) is 66.2. The summed E-state index contributed by atoms with van der Waals surface area (Å²) < 4.78 is 323. The number of nitrogens with two attached hydrogens (primary N) is 1. The number of ether oxygens (including phenoxy) is 10. The van der Waals surface area contributed by atoms with Crippen LogP contribution in [0.3, 0.4) is 0 Å².